The largest absolute Gasteiger partial charge is 0.497 e. The third-order valence-corrected chi connectivity index (χ3v) is 4.27. The molecule has 1 heterocycles. The van der Waals surface area contributed by atoms with Crippen LogP contribution in [-0.4, -0.2) is 23.6 Å². The van der Waals surface area contributed by atoms with Crippen LogP contribution in [0.3, 0.4) is 0 Å². The summed E-state index contributed by atoms with van der Waals surface area (Å²) < 4.78 is 5.23. The Hall–Kier alpha value is -1.98. The standard InChI is InChI=1S/C16H17N3OS/c1-20-12-6-7-13-14(10-12)19-16(18-13)21-15-5-3-2-4-11(15)8-9-17/h2-7,10H,8-9,17H2,1H3,(H,18,19). The van der Waals surface area contributed by atoms with Crippen LogP contribution in [0.2, 0.25) is 0 Å². The number of nitrogens with one attached hydrogen (secondary N) is 1. The first-order valence-corrected chi connectivity index (χ1v) is 7.61. The molecule has 0 unspecified atom stereocenters. The van der Waals surface area contributed by atoms with Gasteiger partial charge in [0, 0.05) is 11.0 Å². The Labute approximate surface area is 127 Å². The molecule has 0 bridgehead atoms. The minimum atomic E-state index is 0.648. The third-order valence-electron chi connectivity index (χ3n) is 3.26. The minimum absolute atomic E-state index is 0.648. The van der Waals surface area contributed by atoms with Gasteiger partial charge in [-0.05, 0) is 36.7 Å². The number of hydrogen-bond donors (Lipinski definition) is 2. The van der Waals surface area contributed by atoms with Crippen molar-refractivity contribution in [1.29, 1.82) is 0 Å². The third kappa shape index (κ3) is 3.04. The number of hydrogen-bond acceptors (Lipinski definition) is 4. The van der Waals surface area contributed by atoms with Gasteiger partial charge in [-0.15, -0.1) is 0 Å². The van der Waals surface area contributed by atoms with Crippen molar-refractivity contribution >= 4 is 22.8 Å². The van der Waals surface area contributed by atoms with Crippen molar-refractivity contribution in [1.82, 2.24) is 9.97 Å². The lowest BCUT2D eigenvalue weighted by Crippen LogP contribution is -2.03. The summed E-state index contributed by atoms with van der Waals surface area (Å²) in [5.41, 5.74) is 8.84. The van der Waals surface area contributed by atoms with Gasteiger partial charge in [0.25, 0.3) is 0 Å². The van der Waals surface area contributed by atoms with E-state index < -0.39 is 0 Å². The van der Waals surface area contributed by atoms with E-state index in [9.17, 15) is 0 Å². The number of H-pyrrole nitrogens is 1. The second-order valence-corrected chi connectivity index (χ2v) is 5.70. The molecule has 5 heteroatoms. The van der Waals surface area contributed by atoms with Crippen LogP contribution >= 0.6 is 11.8 Å². The van der Waals surface area contributed by atoms with E-state index in [2.05, 4.69) is 22.1 Å². The number of fused-ring (bicyclic) bond motifs is 1. The highest BCUT2D eigenvalue weighted by Gasteiger charge is 2.08. The Morgan fingerprint density at radius 3 is 2.90 bits per heavy atom. The van der Waals surface area contributed by atoms with E-state index in [4.69, 9.17) is 10.5 Å². The van der Waals surface area contributed by atoms with E-state index in [-0.39, 0.29) is 0 Å². The molecule has 1 aromatic heterocycles. The van der Waals surface area contributed by atoms with Crippen LogP contribution in [0.15, 0.2) is 52.5 Å². The molecule has 0 radical (unpaired) electrons. The first-order chi connectivity index (χ1) is 10.3. The molecule has 0 aliphatic carbocycles. The molecule has 3 rings (SSSR count). The fourth-order valence-electron chi connectivity index (χ4n) is 2.21. The lowest BCUT2D eigenvalue weighted by molar-refractivity contribution is 0.415. The first-order valence-electron chi connectivity index (χ1n) is 6.80. The van der Waals surface area contributed by atoms with Gasteiger partial charge in [0.2, 0.25) is 0 Å². The Morgan fingerprint density at radius 2 is 2.10 bits per heavy atom. The van der Waals surface area contributed by atoms with Crippen molar-refractivity contribution in [2.24, 2.45) is 5.73 Å². The number of imidazole rings is 1. The molecule has 0 amide bonds. The van der Waals surface area contributed by atoms with Gasteiger partial charge in [-0.2, -0.15) is 0 Å². The van der Waals surface area contributed by atoms with E-state index in [0.29, 0.717) is 6.54 Å². The smallest absolute Gasteiger partial charge is 0.171 e. The number of rotatable bonds is 5. The van der Waals surface area contributed by atoms with Crippen molar-refractivity contribution in [3.63, 3.8) is 0 Å². The molecule has 3 aromatic rings. The Balaban J connectivity index is 1.91. The number of aromatic nitrogens is 2. The van der Waals surface area contributed by atoms with Crippen LogP contribution < -0.4 is 10.5 Å². The molecule has 0 aliphatic heterocycles. The van der Waals surface area contributed by atoms with Crippen LogP contribution in [0, 0.1) is 0 Å². The highest BCUT2D eigenvalue weighted by Crippen LogP contribution is 2.30. The SMILES string of the molecule is COc1ccc2nc(Sc3ccccc3CCN)[nH]c2c1. The van der Waals surface area contributed by atoms with Crippen LogP contribution in [0.1, 0.15) is 5.56 Å². The molecule has 0 spiro atoms. The zero-order valence-corrected chi connectivity index (χ0v) is 12.6. The van der Waals surface area contributed by atoms with Gasteiger partial charge in [-0.3, -0.25) is 0 Å². The molecule has 0 fully saturated rings. The topological polar surface area (TPSA) is 63.9 Å². The molecule has 0 aliphatic rings. The lowest BCUT2D eigenvalue weighted by Gasteiger charge is -2.05. The highest BCUT2D eigenvalue weighted by molar-refractivity contribution is 7.99. The molecule has 2 aromatic carbocycles. The number of nitrogens with two attached hydrogens (primary N) is 1. The first kappa shape index (κ1) is 14.0. The number of ether oxygens (including phenoxy) is 1. The average molecular weight is 299 g/mol. The fraction of sp³-hybridized carbons (Fsp3) is 0.188. The minimum Gasteiger partial charge on any atom is -0.497 e. The molecule has 21 heavy (non-hydrogen) atoms. The van der Waals surface area contributed by atoms with E-state index in [1.165, 1.54) is 10.5 Å². The maximum atomic E-state index is 5.67. The van der Waals surface area contributed by atoms with Crippen LogP contribution in [-0.2, 0) is 6.42 Å². The number of nitrogens with zero attached hydrogens (tertiary/aromatic N) is 1. The van der Waals surface area contributed by atoms with Gasteiger partial charge in [-0.25, -0.2) is 4.98 Å². The molecule has 0 atom stereocenters. The summed E-state index contributed by atoms with van der Waals surface area (Å²) in [5, 5.41) is 0.878. The van der Waals surface area contributed by atoms with Crippen molar-refractivity contribution in [3.05, 3.63) is 48.0 Å². The van der Waals surface area contributed by atoms with Gasteiger partial charge in [0.05, 0.1) is 18.1 Å². The number of aromatic amines is 1. The van der Waals surface area contributed by atoms with E-state index in [1.807, 2.05) is 30.3 Å². The quantitative estimate of drug-likeness (QED) is 0.759. The molecule has 0 saturated heterocycles. The van der Waals surface area contributed by atoms with E-state index in [0.717, 1.165) is 28.4 Å². The second kappa shape index (κ2) is 6.20. The zero-order valence-electron chi connectivity index (χ0n) is 11.8. The highest BCUT2D eigenvalue weighted by atomic mass is 32.2. The van der Waals surface area contributed by atoms with Gasteiger partial charge >= 0.3 is 0 Å². The summed E-state index contributed by atoms with van der Waals surface area (Å²) in [6, 6.07) is 14.1. The molecule has 3 N–H and O–H groups in total. The average Bonchev–Trinajstić information content (AvgIpc) is 2.90. The summed E-state index contributed by atoms with van der Waals surface area (Å²) in [6.07, 6.45) is 0.872. The maximum Gasteiger partial charge on any atom is 0.171 e. The fourth-order valence-corrected chi connectivity index (χ4v) is 3.17. The van der Waals surface area contributed by atoms with E-state index in [1.54, 1.807) is 18.9 Å². The zero-order chi connectivity index (χ0) is 14.7. The molecular formula is C16H17N3OS. The summed E-state index contributed by atoms with van der Waals surface area (Å²) in [6.45, 7) is 0.648. The summed E-state index contributed by atoms with van der Waals surface area (Å²) in [4.78, 5) is 9.12. The summed E-state index contributed by atoms with van der Waals surface area (Å²) in [5.74, 6) is 0.825. The predicted molar refractivity (Wildman–Crippen MR) is 86.0 cm³/mol. The Bertz CT molecular complexity index is 754. The van der Waals surface area contributed by atoms with Crippen molar-refractivity contribution in [2.75, 3.05) is 13.7 Å². The maximum absolute atomic E-state index is 5.67. The second-order valence-electron chi connectivity index (χ2n) is 4.67. The van der Waals surface area contributed by atoms with Gasteiger partial charge < -0.3 is 15.5 Å². The number of benzene rings is 2. The van der Waals surface area contributed by atoms with Crippen molar-refractivity contribution < 1.29 is 4.74 Å². The molecule has 108 valence electrons. The molecule has 0 saturated carbocycles. The van der Waals surface area contributed by atoms with Crippen molar-refractivity contribution in [3.8, 4) is 5.75 Å². The summed E-state index contributed by atoms with van der Waals surface area (Å²) >= 11 is 1.63. The van der Waals surface area contributed by atoms with Crippen molar-refractivity contribution in [2.45, 2.75) is 16.5 Å². The Morgan fingerprint density at radius 1 is 1.24 bits per heavy atom. The van der Waals surface area contributed by atoms with Gasteiger partial charge in [-0.1, -0.05) is 30.0 Å². The van der Waals surface area contributed by atoms with Crippen LogP contribution in [0.4, 0.5) is 0 Å². The van der Waals surface area contributed by atoms with Crippen LogP contribution in [0.25, 0.3) is 11.0 Å². The monoisotopic (exact) mass is 299 g/mol. The lowest BCUT2D eigenvalue weighted by atomic mass is 10.1. The summed E-state index contributed by atoms with van der Waals surface area (Å²) in [7, 11) is 1.66. The van der Waals surface area contributed by atoms with E-state index >= 15 is 0 Å². The molecule has 4 nitrogen and oxygen atoms in total. The molecular weight excluding hydrogens is 282 g/mol. The van der Waals surface area contributed by atoms with Gasteiger partial charge in [0.15, 0.2) is 5.16 Å². The Kier molecular flexibility index (Phi) is 4.13. The predicted octanol–water partition coefficient (Wildman–Crippen LogP) is 3.22. The normalized spacial score (nSPS) is 11.0. The van der Waals surface area contributed by atoms with Crippen LogP contribution in [0.5, 0.6) is 5.75 Å². The van der Waals surface area contributed by atoms with Gasteiger partial charge in [0.1, 0.15) is 5.75 Å². The number of methoxy groups -OCH3 is 1.